The van der Waals surface area contributed by atoms with Crippen LogP contribution in [-0.4, -0.2) is 160 Å². The van der Waals surface area contributed by atoms with E-state index in [0.29, 0.717) is 20.8 Å². The van der Waals surface area contributed by atoms with E-state index in [1.54, 1.807) is 20.8 Å². The van der Waals surface area contributed by atoms with Gasteiger partial charge in [-0.1, -0.05) is 108 Å². The third-order valence-electron chi connectivity index (χ3n) is 21.9. The molecule has 0 aromatic rings. The number of aliphatic imine (C=N–C) groups is 1. The van der Waals surface area contributed by atoms with Crippen LogP contribution in [0.2, 0.25) is 24.7 Å². The lowest BCUT2D eigenvalue weighted by atomic mass is 9.50. The van der Waals surface area contributed by atoms with E-state index in [1.165, 1.54) is 55.4 Å². The summed E-state index contributed by atoms with van der Waals surface area (Å²) in [5, 5.41) is -3.57. The summed E-state index contributed by atoms with van der Waals surface area (Å²) in [6.07, 6.45) is -36.1. The lowest BCUT2D eigenvalue weighted by Crippen LogP contribution is -2.77. The highest BCUT2D eigenvalue weighted by Crippen LogP contribution is 2.72. The molecule has 0 aliphatic carbocycles. The van der Waals surface area contributed by atoms with Gasteiger partial charge in [0, 0.05) is 86.5 Å². The lowest BCUT2D eigenvalue weighted by molar-refractivity contribution is -0.391. The molecule has 576 valence electrons. The first kappa shape index (κ1) is 94.6. The number of hydrogen-bond donors (Lipinski definition) is 0. The van der Waals surface area contributed by atoms with Crippen LogP contribution in [0.25, 0.3) is 0 Å². The van der Waals surface area contributed by atoms with Crippen molar-refractivity contribution < 1.29 is 128 Å². The van der Waals surface area contributed by atoms with Gasteiger partial charge in [-0.3, -0.25) is 9.36 Å². The molecule has 9 unspecified atom stereocenters. The van der Waals surface area contributed by atoms with Crippen molar-refractivity contribution >= 4 is 42.1 Å². The summed E-state index contributed by atoms with van der Waals surface area (Å²) in [5.74, 6) is -23.5. The summed E-state index contributed by atoms with van der Waals surface area (Å²) < 4.78 is 397. The van der Waals surface area contributed by atoms with Crippen LogP contribution in [0.5, 0.6) is 0 Å². The van der Waals surface area contributed by atoms with Crippen LogP contribution in [0, 0.1) is 32.5 Å². The standard InChI is InChI=1S/C61H107F23N2O6SSi3/c1-26-41(48(16,27-2)56(73,60(79,80)81)59(77,78)51(19,30-5)55(71,72)43(64)65)85-35-32-38-96(89-23,90-24)92-46(12,13)94(25,39-34-53(66,67)68)91-47(14,15)95(87-21,88-22)37-33-36-86-93(40-44(7,8)9)52(20,31-6)50(18,29-4)57(74,61(82,83)84)58(75,76)49(17,28-3)45(10,11)54(69,70)42(62)63/h42-43H,26-40H2,1-25H3. The maximum absolute atomic E-state index is 18.4. The van der Waals surface area contributed by atoms with Gasteiger partial charge in [0.25, 0.3) is 17.3 Å². The maximum atomic E-state index is 18.4. The Bertz CT molecular complexity index is 2550. The van der Waals surface area contributed by atoms with Crippen LogP contribution in [0.3, 0.4) is 0 Å². The summed E-state index contributed by atoms with van der Waals surface area (Å²) >= 11 is 0. The van der Waals surface area contributed by atoms with E-state index in [9.17, 15) is 30.7 Å². The fourth-order valence-corrected chi connectivity index (χ4v) is 26.9. The molecule has 8 nitrogen and oxygen atoms in total. The van der Waals surface area contributed by atoms with Crippen LogP contribution in [0.4, 0.5) is 101 Å². The second kappa shape index (κ2) is 31.5. The first-order valence-corrected chi connectivity index (χ1v) is 39.6. The zero-order valence-electron chi connectivity index (χ0n) is 60.2. The van der Waals surface area contributed by atoms with Crippen LogP contribution in [0.15, 0.2) is 9.36 Å². The monoisotopic (exact) mass is 1520 g/mol. The number of nitrogens with zero attached hydrogens (tertiary/aromatic N) is 2. The highest BCUT2D eigenvalue weighted by Gasteiger charge is 2.88. The SMILES string of the molecule is CCC(=NCCC[Si](OC)(OC)OC(C)(C)[Si](C)(CCC(F)(F)F)OC(C)(C)[Si](CCCN=S(CC(C)(C)C)C(C)(CC)C(C)(CC)C(F)(C(F)(F)F)C(F)(F)C(C)(CC)C(C)(C)C(F)(F)C(F)F)(OC)OC)C(C)(CC)C(F)(C(F)(F)F)C(F)(F)C(C)(CC)C(F)(F)C(F)F. The smallest absolute Gasteiger partial charge is 0.407 e. The molecule has 0 aliphatic heterocycles. The molecule has 0 rings (SSSR count). The molecule has 0 heterocycles. The van der Waals surface area contributed by atoms with E-state index < -0.39 is 220 Å². The van der Waals surface area contributed by atoms with E-state index in [2.05, 4.69) is 4.99 Å². The van der Waals surface area contributed by atoms with E-state index in [1.807, 2.05) is 0 Å². The van der Waals surface area contributed by atoms with Gasteiger partial charge in [0.1, 0.15) is 5.41 Å². The Morgan fingerprint density at radius 2 is 0.875 bits per heavy atom. The largest absolute Gasteiger partial charge is 0.500 e. The van der Waals surface area contributed by atoms with Crippen molar-refractivity contribution in [3.05, 3.63) is 0 Å². The summed E-state index contributed by atoms with van der Waals surface area (Å²) in [7, 11) is -9.96. The van der Waals surface area contributed by atoms with Gasteiger partial charge < -0.3 is 26.6 Å². The Labute approximate surface area is 559 Å². The van der Waals surface area contributed by atoms with E-state index in [-0.39, 0.29) is 58.9 Å². The number of alkyl halides is 23. The molecule has 0 aliphatic rings. The molecule has 0 bridgehead atoms. The third-order valence-corrected chi connectivity index (χ3v) is 37.8. The molecular formula is C61H107F23N2O6SSi3. The molecule has 0 saturated heterocycles. The Morgan fingerprint density at radius 1 is 0.458 bits per heavy atom. The zero-order valence-corrected chi connectivity index (χ0v) is 64.0. The molecular weight excluding hydrogens is 1410 g/mol. The van der Waals surface area contributed by atoms with Gasteiger partial charge in [-0.2, -0.15) is 57.1 Å². The Kier molecular flexibility index (Phi) is 31.1. The summed E-state index contributed by atoms with van der Waals surface area (Å²) in [6.45, 7) is 19.1. The molecule has 96 heavy (non-hydrogen) atoms. The minimum Gasteiger partial charge on any atom is -0.407 e. The molecule has 0 N–H and O–H groups in total. The Balaban J connectivity index is 8.12. The van der Waals surface area contributed by atoms with Gasteiger partial charge in [0.2, 0.25) is 8.32 Å². The highest BCUT2D eigenvalue weighted by atomic mass is 32.2. The van der Waals surface area contributed by atoms with Gasteiger partial charge >= 0.3 is 66.5 Å². The normalized spacial score (nSPS) is 20.5. The highest BCUT2D eigenvalue weighted by molar-refractivity contribution is 7.88. The number of rotatable bonds is 41. The van der Waals surface area contributed by atoms with Gasteiger partial charge in [0.05, 0.1) is 15.9 Å². The summed E-state index contributed by atoms with van der Waals surface area (Å²) in [4.78, 5) is 4.06. The molecule has 35 heteroatoms. The van der Waals surface area contributed by atoms with Crippen molar-refractivity contribution in [3.8, 4) is 0 Å². The van der Waals surface area contributed by atoms with Crippen LogP contribution in [-0.2, 0) is 37.2 Å². The van der Waals surface area contributed by atoms with Crippen molar-refractivity contribution in [2.24, 2.45) is 41.8 Å². The maximum Gasteiger partial charge on any atom is 0.500 e. The van der Waals surface area contributed by atoms with Crippen molar-refractivity contribution in [3.63, 3.8) is 0 Å². The Hall–Kier alpha value is -1.38. The molecule has 0 spiro atoms. The Morgan fingerprint density at radius 3 is 1.21 bits per heavy atom. The summed E-state index contributed by atoms with van der Waals surface area (Å²) in [6, 6.07) is -1.32. The lowest BCUT2D eigenvalue weighted by Gasteiger charge is -2.61. The first-order chi connectivity index (χ1) is 42.5. The molecule has 0 aromatic heterocycles. The second-order valence-electron chi connectivity index (χ2n) is 28.9. The van der Waals surface area contributed by atoms with E-state index >= 15 is 70.2 Å². The molecule has 9 atom stereocenters. The first-order valence-electron chi connectivity index (χ1n) is 31.7. The molecule has 0 saturated carbocycles. The van der Waals surface area contributed by atoms with Crippen molar-refractivity contribution in [2.45, 2.75) is 303 Å². The molecule has 0 aromatic carbocycles. The average Bonchev–Trinajstić information content (AvgIpc) is 0.682. The minimum absolute atomic E-state index is 0.126. The zero-order chi connectivity index (χ0) is 77.1. The molecule has 0 amide bonds. The van der Waals surface area contributed by atoms with Crippen LogP contribution < -0.4 is 0 Å². The van der Waals surface area contributed by atoms with E-state index in [4.69, 9.17) is 30.9 Å². The van der Waals surface area contributed by atoms with Crippen molar-refractivity contribution in [1.82, 2.24) is 0 Å². The fourth-order valence-electron chi connectivity index (χ4n) is 13.4. The predicted molar refractivity (Wildman–Crippen MR) is 335 cm³/mol. The quantitative estimate of drug-likeness (QED) is 0.0263. The average molecular weight is 1520 g/mol. The van der Waals surface area contributed by atoms with E-state index in [0.717, 1.165) is 48.8 Å². The van der Waals surface area contributed by atoms with Crippen molar-refractivity contribution in [1.29, 1.82) is 0 Å². The third kappa shape index (κ3) is 16.4. The van der Waals surface area contributed by atoms with Gasteiger partial charge in [-0.05, 0) is 117 Å². The molecule has 0 fully saturated rings. The second-order valence-corrected chi connectivity index (χ2v) is 42.4. The minimum atomic E-state index is -6.68. The van der Waals surface area contributed by atoms with Gasteiger partial charge in [0.15, 0.2) is 0 Å². The van der Waals surface area contributed by atoms with Crippen molar-refractivity contribution in [2.75, 3.05) is 47.3 Å². The summed E-state index contributed by atoms with van der Waals surface area (Å²) in [5.41, 5.74) is -32.4. The predicted octanol–water partition coefficient (Wildman–Crippen LogP) is 22.1. The van der Waals surface area contributed by atoms with Gasteiger partial charge in [-0.25, -0.2) is 43.9 Å². The number of halogens is 23. The van der Waals surface area contributed by atoms with Crippen LogP contribution in [0.1, 0.15) is 196 Å². The number of hydrogen-bond acceptors (Lipinski definition) is 8. The van der Waals surface area contributed by atoms with Crippen LogP contribution >= 0.6 is 0 Å². The van der Waals surface area contributed by atoms with Gasteiger partial charge in [-0.15, -0.1) is 0 Å². The molecule has 0 radical (unpaired) electrons. The topological polar surface area (TPSA) is 80.1 Å². The fraction of sp³-hybridized carbons (Fsp3) is 0.984.